The fraction of sp³-hybridized carbons (Fsp3) is 0.538. The van der Waals surface area contributed by atoms with Crippen molar-refractivity contribution in [2.24, 2.45) is 0 Å². The summed E-state index contributed by atoms with van der Waals surface area (Å²) in [4.78, 5) is 0. The molecule has 0 aliphatic heterocycles. The Hall–Kier alpha value is -1.00. The Morgan fingerprint density at radius 1 is 1.18 bits per heavy atom. The summed E-state index contributed by atoms with van der Waals surface area (Å²) in [6.07, 6.45) is 2.18. The standard InChI is InChI=1S/C13H23NO2Si/c1-3-9-16-17(2)11-4-10-15-13-7-5-12(14)6-8-13/h5-8,17H,3-4,9-11,14H2,1-2H3. The normalized spacial score (nSPS) is 12.4. The Morgan fingerprint density at radius 3 is 2.53 bits per heavy atom. The molecular formula is C13H23NO2Si. The predicted octanol–water partition coefficient (Wildman–Crippen LogP) is 2.82. The van der Waals surface area contributed by atoms with E-state index >= 15 is 0 Å². The molecule has 0 saturated heterocycles. The van der Waals surface area contributed by atoms with Crippen molar-refractivity contribution < 1.29 is 9.16 Å². The average Bonchev–Trinajstić information content (AvgIpc) is 2.34. The van der Waals surface area contributed by atoms with Crippen LogP contribution in [-0.2, 0) is 4.43 Å². The van der Waals surface area contributed by atoms with Gasteiger partial charge in [0, 0.05) is 12.3 Å². The summed E-state index contributed by atoms with van der Waals surface area (Å²) in [6.45, 7) is 6.06. The maximum absolute atomic E-state index is 5.73. The molecule has 1 aromatic rings. The number of hydrogen-bond donors (Lipinski definition) is 1. The molecule has 0 spiro atoms. The lowest BCUT2D eigenvalue weighted by Gasteiger charge is -2.11. The highest BCUT2D eigenvalue weighted by molar-refractivity contribution is 6.50. The molecule has 1 rings (SSSR count). The highest BCUT2D eigenvalue weighted by atomic mass is 28.3. The van der Waals surface area contributed by atoms with Gasteiger partial charge in [0.05, 0.1) is 6.61 Å². The molecule has 1 aromatic carbocycles. The molecule has 96 valence electrons. The average molecular weight is 253 g/mol. The predicted molar refractivity (Wildman–Crippen MR) is 75.0 cm³/mol. The van der Waals surface area contributed by atoms with Crippen molar-refractivity contribution >= 4 is 14.7 Å². The van der Waals surface area contributed by atoms with Crippen LogP contribution in [0.4, 0.5) is 5.69 Å². The zero-order valence-corrected chi connectivity index (χ0v) is 12.0. The Bertz CT molecular complexity index is 303. The third-order valence-corrected chi connectivity index (χ3v) is 4.54. The minimum absolute atomic E-state index is 0.761. The van der Waals surface area contributed by atoms with Crippen molar-refractivity contribution in [3.63, 3.8) is 0 Å². The van der Waals surface area contributed by atoms with E-state index in [2.05, 4.69) is 13.5 Å². The van der Waals surface area contributed by atoms with Crippen LogP contribution in [0.2, 0.25) is 12.6 Å². The maximum Gasteiger partial charge on any atom is 0.174 e. The molecule has 17 heavy (non-hydrogen) atoms. The second-order valence-corrected chi connectivity index (χ2v) is 6.77. The van der Waals surface area contributed by atoms with Gasteiger partial charge in [-0.05, 0) is 49.7 Å². The van der Waals surface area contributed by atoms with Crippen LogP contribution >= 0.6 is 0 Å². The zero-order chi connectivity index (χ0) is 12.5. The second kappa shape index (κ2) is 8.14. The van der Waals surface area contributed by atoms with Crippen LogP contribution in [-0.4, -0.2) is 22.3 Å². The van der Waals surface area contributed by atoms with Gasteiger partial charge in [0.2, 0.25) is 0 Å². The van der Waals surface area contributed by atoms with Gasteiger partial charge in [0.1, 0.15) is 5.75 Å². The van der Waals surface area contributed by atoms with Gasteiger partial charge in [-0.3, -0.25) is 0 Å². The molecule has 1 atom stereocenters. The molecule has 1 unspecified atom stereocenters. The molecule has 0 amide bonds. The Morgan fingerprint density at radius 2 is 1.88 bits per heavy atom. The summed E-state index contributed by atoms with van der Waals surface area (Å²) < 4.78 is 11.4. The minimum Gasteiger partial charge on any atom is -0.494 e. The summed E-state index contributed by atoms with van der Waals surface area (Å²) in [6, 6.07) is 8.71. The largest absolute Gasteiger partial charge is 0.494 e. The molecule has 2 N–H and O–H groups in total. The summed E-state index contributed by atoms with van der Waals surface area (Å²) in [5, 5.41) is 0. The number of rotatable bonds is 8. The first-order chi connectivity index (χ1) is 8.22. The van der Waals surface area contributed by atoms with Gasteiger partial charge in [-0.25, -0.2) is 0 Å². The molecule has 3 nitrogen and oxygen atoms in total. The minimum atomic E-state index is -0.953. The quantitative estimate of drug-likeness (QED) is 0.440. The van der Waals surface area contributed by atoms with E-state index in [-0.39, 0.29) is 0 Å². The van der Waals surface area contributed by atoms with Gasteiger partial charge in [-0.2, -0.15) is 0 Å². The molecule has 0 heterocycles. The first-order valence-electron chi connectivity index (χ1n) is 6.32. The number of nitrogen functional groups attached to an aromatic ring is 1. The smallest absolute Gasteiger partial charge is 0.174 e. The second-order valence-electron chi connectivity index (χ2n) is 4.24. The topological polar surface area (TPSA) is 44.5 Å². The highest BCUT2D eigenvalue weighted by Gasteiger charge is 2.03. The number of nitrogens with two attached hydrogens (primary N) is 1. The van der Waals surface area contributed by atoms with Crippen LogP contribution in [0.5, 0.6) is 5.75 Å². The van der Waals surface area contributed by atoms with Crippen molar-refractivity contribution in [3.8, 4) is 5.75 Å². The lowest BCUT2D eigenvalue weighted by molar-refractivity contribution is 0.301. The molecule has 0 aromatic heterocycles. The van der Waals surface area contributed by atoms with E-state index in [1.807, 2.05) is 24.3 Å². The van der Waals surface area contributed by atoms with Crippen molar-refractivity contribution in [3.05, 3.63) is 24.3 Å². The van der Waals surface area contributed by atoms with Gasteiger partial charge in [0.25, 0.3) is 0 Å². The molecule has 0 saturated carbocycles. The lowest BCUT2D eigenvalue weighted by Crippen LogP contribution is -2.14. The van der Waals surface area contributed by atoms with E-state index in [1.54, 1.807) is 0 Å². The SMILES string of the molecule is CCCO[SiH](C)CCCOc1ccc(N)cc1. The number of anilines is 1. The molecular weight excluding hydrogens is 230 g/mol. The summed E-state index contributed by atoms with van der Waals surface area (Å²) in [5.41, 5.74) is 6.37. The molecule has 0 bridgehead atoms. The maximum atomic E-state index is 5.73. The van der Waals surface area contributed by atoms with Crippen LogP contribution in [0.3, 0.4) is 0 Å². The monoisotopic (exact) mass is 253 g/mol. The molecule has 0 aliphatic rings. The van der Waals surface area contributed by atoms with Crippen LogP contribution in [0.25, 0.3) is 0 Å². The lowest BCUT2D eigenvalue weighted by atomic mass is 10.3. The van der Waals surface area contributed by atoms with Gasteiger partial charge in [0.15, 0.2) is 9.04 Å². The van der Waals surface area contributed by atoms with E-state index in [4.69, 9.17) is 14.9 Å². The number of benzene rings is 1. The van der Waals surface area contributed by atoms with Crippen molar-refractivity contribution in [1.29, 1.82) is 0 Å². The van der Waals surface area contributed by atoms with Crippen LogP contribution in [0.15, 0.2) is 24.3 Å². The van der Waals surface area contributed by atoms with E-state index in [1.165, 1.54) is 6.04 Å². The molecule has 0 radical (unpaired) electrons. The van der Waals surface area contributed by atoms with E-state index in [0.717, 1.165) is 37.5 Å². The number of hydrogen-bond acceptors (Lipinski definition) is 3. The first-order valence-corrected chi connectivity index (χ1v) is 8.76. The third kappa shape index (κ3) is 6.34. The Labute approximate surface area is 106 Å². The third-order valence-electron chi connectivity index (χ3n) is 2.51. The van der Waals surface area contributed by atoms with Crippen LogP contribution < -0.4 is 10.5 Å². The summed E-state index contributed by atoms with van der Waals surface area (Å²) in [5.74, 6) is 0.892. The highest BCUT2D eigenvalue weighted by Crippen LogP contribution is 2.13. The van der Waals surface area contributed by atoms with Gasteiger partial charge in [-0.1, -0.05) is 6.92 Å². The van der Waals surface area contributed by atoms with E-state index in [0.29, 0.717) is 0 Å². The Balaban J connectivity index is 2.09. The zero-order valence-electron chi connectivity index (χ0n) is 10.8. The van der Waals surface area contributed by atoms with Crippen LogP contribution in [0, 0.1) is 0 Å². The molecule has 0 fully saturated rings. The van der Waals surface area contributed by atoms with Gasteiger partial charge >= 0.3 is 0 Å². The van der Waals surface area contributed by atoms with Gasteiger partial charge < -0.3 is 14.9 Å². The fourth-order valence-corrected chi connectivity index (χ4v) is 3.07. The number of ether oxygens (including phenoxy) is 1. The van der Waals surface area contributed by atoms with Crippen LogP contribution in [0.1, 0.15) is 19.8 Å². The van der Waals surface area contributed by atoms with Gasteiger partial charge in [-0.15, -0.1) is 0 Å². The summed E-state index contributed by atoms with van der Waals surface area (Å²) >= 11 is 0. The van der Waals surface area contributed by atoms with E-state index < -0.39 is 9.04 Å². The molecule has 4 heteroatoms. The fourth-order valence-electron chi connectivity index (χ4n) is 1.53. The van der Waals surface area contributed by atoms with Crippen molar-refractivity contribution in [2.45, 2.75) is 32.4 Å². The Kier molecular flexibility index (Phi) is 6.73. The van der Waals surface area contributed by atoms with Crippen molar-refractivity contribution in [2.75, 3.05) is 18.9 Å². The molecule has 0 aliphatic carbocycles. The first kappa shape index (κ1) is 14.1. The summed E-state index contributed by atoms with van der Waals surface area (Å²) in [7, 11) is -0.953. The van der Waals surface area contributed by atoms with E-state index in [9.17, 15) is 0 Å². The van der Waals surface area contributed by atoms with Crippen molar-refractivity contribution in [1.82, 2.24) is 0 Å².